The number of pyridine rings is 1. The van der Waals surface area contributed by atoms with E-state index in [0.29, 0.717) is 11.2 Å². The molecule has 0 fully saturated rings. The van der Waals surface area contributed by atoms with Crippen molar-refractivity contribution in [2.45, 2.75) is 0 Å². The molecule has 5 nitrogen and oxygen atoms in total. The average Bonchev–Trinajstić information content (AvgIpc) is 2.49. The van der Waals surface area contributed by atoms with Crippen molar-refractivity contribution in [3.8, 4) is 0 Å². The summed E-state index contributed by atoms with van der Waals surface area (Å²) in [4.78, 5) is 3.97. The Kier molecular flexibility index (Phi) is 1.30. The number of hydrogen-bond donors (Lipinski definition) is 2. The van der Waals surface area contributed by atoms with Crippen LogP contribution in [0.5, 0.6) is 0 Å². The summed E-state index contributed by atoms with van der Waals surface area (Å²) in [7, 11) is 0. The predicted octanol–water partition coefficient (Wildman–Crippen LogP) is 0.0134. The molecule has 0 aliphatic rings. The minimum Gasteiger partial charge on any atom is -0.384 e. The highest BCUT2D eigenvalue weighted by molar-refractivity contribution is 6.00. The van der Waals surface area contributed by atoms with Gasteiger partial charge in [-0.05, 0) is 12.1 Å². The molecule has 0 radical (unpaired) electrons. The van der Waals surface area contributed by atoms with E-state index >= 15 is 0 Å². The van der Waals surface area contributed by atoms with Gasteiger partial charge in [0.1, 0.15) is 12.2 Å². The van der Waals surface area contributed by atoms with Gasteiger partial charge in [-0.1, -0.05) is 0 Å². The summed E-state index contributed by atoms with van der Waals surface area (Å²) in [5.41, 5.74) is 6.56. The normalized spacial score (nSPS) is 10.3. The maximum absolute atomic E-state index is 7.25. The second-order valence-electron chi connectivity index (χ2n) is 2.36. The molecule has 5 heteroatoms. The molecule has 0 aliphatic heterocycles. The number of fused-ring (bicyclic) bond motifs is 1. The number of nitrogens with zero attached hydrogens (tertiary/aromatic N) is 3. The highest BCUT2D eigenvalue weighted by Gasteiger charge is 2.03. The summed E-state index contributed by atoms with van der Waals surface area (Å²) in [6, 6.07) is 3.52. The van der Waals surface area contributed by atoms with Crippen molar-refractivity contribution in [3.05, 3.63) is 30.2 Å². The minimum absolute atomic E-state index is 0.00796. The molecule has 0 unspecified atom stereocenters. The van der Waals surface area contributed by atoms with Gasteiger partial charge in [-0.2, -0.15) is 5.10 Å². The molecule has 2 aromatic rings. The van der Waals surface area contributed by atoms with Gasteiger partial charge in [0.2, 0.25) is 0 Å². The van der Waals surface area contributed by atoms with Crippen molar-refractivity contribution in [1.82, 2.24) is 14.6 Å². The molecule has 2 heterocycles. The van der Waals surface area contributed by atoms with Crippen LogP contribution in [0.15, 0.2) is 24.7 Å². The van der Waals surface area contributed by atoms with E-state index in [1.165, 1.54) is 6.33 Å². The molecule has 3 N–H and O–H groups in total. The van der Waals surface area contributed by atoms with E-state index in [4.69, 9.17) is 11.1 Å². The fraction of sp³-hybridized carbons (Fsp3) is 0. The van der Waals surface area contributed by atoms with Gasteiger partial charge < -0.3 is 5.73 Å². The summed E-state index contributed by atoms with van der Waals surface area (Å²) < 4.78 is 1.58. The highest BCUT2D eigenvalue weighted by atomic mass is 15.3. The summed E-state index contributed by atoms with van der Waals surface area (Å²) in [6.07, 6.45) is 3.19. The smallest absolute Gasteiger partial charge is 0.166 e. The molecule has 0 atom stereocenters. The second kappa shape index (κ2) is 2.30. The fourth-order valence-electron chi connectivity index (χ4n) is 1.06. The van der Waals surface area contributed by atoms with Crippen molar-refractivity contribution >= 4 is 11.5 Å². The SMILES string of the molecule is N=C(N)c1cccn2ncnc12. The zero-order valence-corrected chi connectivity index (χ0v) is 6.23. The number of nitrogens with two attached hydrogens (primary N) is 1. The number of rotatable bonds is 1. The van der Waals surface area contributed by atoms with Crippen LogP contribution >= 0.6 is 0 Å². The quantitative estimate of drug-likeness (QED) is 0.456. The van der Waals surface area contributed by atoms with Crippen LogP contribution in [0.1, 0.15) is 5.56 Å². The van der Waals surface area contributed by atoms with Gasteiger partial charge in [-0.15, -0.1) is 0 Å². The molecule has 0 spiro atoms. The lowest BCUT2D eigenvalue weighted by Gasteiger charge is -1.98. The first-order valence-electron chi connectivity index (χ1n) is 3.42. The standard InChI is InChI=1S/C7H7N5/c8-6(9)5-2-1-3-12-7(5)10-4-11-12/h1-4H,(H3,8,9). The second-order valence-corrected chi connectivity index (χ2v) is 2.36. The van der Waals surface area contributed by atoms with E-state index in [9.17, 15) is 0 Å². The monoisotopic (exact) mass is 161 g/mol. The van der Waals surface area contributed by atoms with Gasteiger partial charge in [-0.25, -0.2) is 9.50 Å². The average molecular weight is 161 g/mol. The van der Waals surface area contributed by atoms with Crippen LogP contribution in [0.25, 0.3) is 5.65 Å². The zero-order chi connectivity index (χ0) is 8.55. The minimum atomic E-state index is 0.00796. The van der Waals surface area contributed by atoms with Crippen LogP contribution in [-0.2, 0) is 0 Å². The lowest BCUT2D eigenvalue weighted by Crippen LogP contribution is -2.12. The van der Waals surface area contributed by atoms with Gasteiger partial charge >= 0.3 is 0 Å². The molecule has 0 amide bonds. The van der Waals surface area contributed by atoms with E-state index in [2.05, 4.69) is 10.1 Å². The molecular formula is C7H7N5. The lowest BCUT2D eigenvalue weighted by molar-refractivity contribution is 0.959. The third kappa shape index (κ3) is 0.833. The maximum Gasteiger partial charge on any atom is 0.166 e. The van der Waals surface area contributed by atoms with Gasteiger partial charge in [0.05, 0.1) is 5.56 Å². The number of aromatic nitrogens is 3. The van der Waals surface area contributed by atoms with Crippen LogP contribution < -0.4 is 5.73 Å². The Labute approximate surface area is 68.3 Å². The Balaban J connectivity index is 2.82. The summed E-state index contributed by atoms with van der Waals surface area (Å²) >= 11 is 0. The summed E-state index contributed by atoms with van der Waals surface area (Å²) in [5, 5.41) is 11.2. The third-order valence-electron chi connectivity index (χ3n) is 1.59. The van der Waals surface area contributed by atoms with Crippen LogP contribution in [0.4, 0.5) is 0 Å². The number of amidine groups is 1. The topological polar surface area (TPSA) is 80.1 Å². The summed E-state index contributed by atoms with van der Waals surface area (Å²) in [6.45, 7) is 0. The number of hydrogen-bond acceptors (Lipinski definition) is 3. The molecule has 60 valence electrons. The van der Waals surface area contributed by atoms with Crippen molar-refractivity contribution in [2.75, 3.05) is 0 Å². The van der Waals surface area contributed by atoms with E-state index in [1.807, 2.05) is 0 Å². The Bertz CT molecular complexity index is 430. The number of nitrogen functional groups attached to an aromatic ring is 1. The first-order valence-corrected chi connectivity index (χ1v) is 3.42. The Hall–Kier alpha value is -1.91. The molecule has 12 heavy (non-hydrogen) atoms. The van der Waals surface area contributed by atoms with Crippen LogP contribution in [0.2, 0.25) is 0 Å². The Morgan fingerprint density at radius 2 is 2.42 bits per heavy atom. The summed E-state index contributed by atoms with van der Waals surface area (Å²) in [5.74, 6) is 0.00796. The first kappa shape index (κ1) is 6.78. The Morgan fingerprint density at radius 1 is 1.58 bits per heavy atom. The van der Waals surface area contributed by atoms with Crippen molar-refractivity contribution in [2.24, 2.45) is 5.73 Å². The fourth-order valence-corrected chi connectivity index (χ4v) is 1.06. The van der Waals surface area contributed by atoms with Gasteiger partial charge in [0.15, 0.2) is 5.65 Å². The van der Waals surface area contributed by atoms with Gasteiger partial charge in [0, 0.05) is 6.20 Å². The molecule has 2 aromatic heterocycles. The molecule has 0 saturated carbocycles. The third-order valence-corrected chi connectivity index (χ3v) is 1.59. The maximum atomic E-state index is 7.25. The zero-order valence-electron chi connectivity index (χ0n) is 6.23. The molecule has 0 aliphatic carbocycles. The number of nitrogens with one attached hydrogen (secondary N) is 1. The van der Waals surface area contributed by atoms with Crippen molar-refractivity contribution < 1.29 is 0 Å². The van der Waals surface area contributed by atoms with Crippen LogP contribution in [0, 0.1) is 5.41 Å². The predicted molar refractivity (Wildman–Crippen MR) is 44.0 cm³/mol. The van der Waals surface area contributed by atoms with E-state index < -0.39 is 0 Å². The first-order chi connectivity index (χ1) is 5.79. The van der Waals surface area contributed by atoms with Crippen LogP contribution in [-0.4, -0.2) is 20.4 Å². The molecule has 0 saturated heterocycles. The molecule has 0 bridgehead atoms. The van der Waals surface area contributed by atoms with Gasteiger partial charge in [0.25, 0.3) is 0 Å². The highest BCUT2D eigenvalue weighted by Crippen LogP contribution is 2.04. The van der Waals surface area contributed by atoms with E-state index in [1.54, 1.807) is 22.8 Å². The van der Waals surface area contributed by atoms with Gasteiger partial charge in [-0.3, -0.25) is 5.41 Å². The largest absolute Gasteiger partial charge is 0.384 e. The van der Waals surface area contributed by atoms with Crippen LogP contribution in [0.3, 0.4) is 0 Å². The molecule has 2 rings (SSSR count). The molecular weight excluding hydrogens is 154 g/mol. The molecule has 0 aromatic carbocycles. The van der Waals surface area contributed by atoms with E-state index in [-0.39, 0.29) is 5.84 Å². The van der Waals surface area contributed by atoms with E-state index in [0.717, 1.165) is 0 Å². The lowest BCUT2D eigenvalue weighted by atomic mass is 10.2. The Morgan fingerprint density at radius 3 is 3.17 bits per heavy atom. The van der Waals surface area contributed by atoms with Crippen molar-refractivity contribution in [3.63, 3.8) is 0 Å². The van der Waals surface area contributed by atoms with Crippen molar-refractivity contribution in [1.29, 1.82) is 5.41 Å².